The Hall–Kier alpha value is -3.81. The van der Waals surface area contributed by atoms with E-state index >= 15 is 0 Å². The first-order valence-electron chi connectivity index (χ1n) is 15.4. The predicted molar refractivity (Wildman–Crippen MR) is 183 cm³/mol. The average molecular weight is 662 g/mol. The molecule has 1 fully saturated rings. The highest BCUT2D eigenvalue weighted by Crippen LogP contribution is 2.29. The van der Waals surface area contributed by atoms with E-state index in [1.807, 2.05) is 76.0 Å². The lowest BCUT2D eigenvalue weighted by molar-refractivity contribution is 0.0347. The van der Waals surface area contributed by atoms with Crippen LogP contribution in [0.5, 0.6) is 0 Å². The fraction of sp³-hybridized carbons (Fsp3) is 0.353. The SMILES string of the molecule is COCCN1CCC(COC(=O)c2cc3ccc(CN)nc3n2Cc2cc(NS(=O)(=O)Cc3ccsc3)cc3ccccc23)CC1. The van der Waals surface area contributed by atoms with E-state index in [9.17, 15) is 13.2 Å². The van der Waals surface area contributed by atoms with Gasteiger partial charge in [0.15, 0.2) is 0 Å². The Labute approximate surface area is 273 Å². The molecule has 0 bridgehead atoms. The molecule has 0 radical (unpaired) electrons. The minimum atomic E-state index is -3.66. The first-order valence-corrected chi connectivity index (χ1v) is 18.0. The van der Waals surface area contributed by atoms with Crippen molar-refractivity contribution in [3.8, 4) is 0 Å². The zero-order valence-electron chi connectivity index (χ0n) is 25.9. The summed E-state index contributed by atoms with van der Waals surface area (Å²) in [7, 11) is -1.94. The van der Waals surface area contributed by atoms with Gasteiger partial charge in [-0.3, -0.25) is 4.72 Å². The van der Waals surface area contributed by atoms with Crippen molar-refractivity contribution in [2.45, 2.75) is 31.7 Å². The van der Waals surface area contributed by atoms with Crippen molar-refractivity contribution in [1.29, 1.82) is 0 Å². The number of likely N-dealkylation sites (tertiary alicyclic amines) is 1. The number of ether oxygens (including phenoxy) is 2. The van der Waals surface area contributed by atoms with Crippen molar-refractivity contribution in [2.24, 2.45) is 11.7 Å². The average Bonchev–Trinajstić information content (AvgIpc) is 3.70. The number of pyridine rings is 1. The molecule has 0 amide bonds. The lowest BCUT2D eigenvalue weighted by Crippen LogP contribution is -2.37. The summed E-state index contributed by atoms with van der Waals surface area (Å²) in [6.45, 7) is 4.41. The highest BCUT2D eigenvalue weighted by Gasteiger charge is 2.24. The van der Waals surface area contributed by atoms with Gasteiger partial charge in [-0.2, -0.15) is 11.3 Å². The highest BCUT2D eigenvalue weighted by molar-refractivity contribution is 7.91. The van der Waals surface area contributed by atoms with E-state index < -0.39 is 16.0 Å². The number of anilines is 1. The number of hydrogen-bond acceptors (Lipinski definition) is 9. The molecule has 0 saturated carbocycles. The number of nitrogens with zero attached hydrogens (tertiary/aromatic N) is 3. The minimum absolute atomic E-state index is 0.116. The van der Waals surface area contributed by atoms with Gasteiger partial charge in [-0.25, -0.2) is 18.2 Å². The third-order valence-electron chi connectivity index (χ3n) is 8.47. The molecule has 5 aromatic rings. The number of methoxy groups -OCH3 is 1. The van der Waals surface area contributed by atoms with Crippen molar-refractivity contribution < 1.29 is 22.7 Å². The zero-order valence-corrected chi connectivity index (χ0v) is 27.5. The topological polar surface area (TPSA) is 129 Å². The summed E-state index contributed by atoms with van der Waals surface area (Å²) in [5, 5.41) is 6.31. The smallest absolute Gasteiger partial charge is 0.355 e. The predicted octanol–water partition coefficient (Wildman–Crippen LogP) is 5.22. The number of piperidine rings is 1. The molecule has 1 saturated heterocycles. The summed E-state index contributed by atoms with van der Waals surface area (Å²) in [6, 6.07) is 18.9. The maximum Gasteiger partial charge on any atom is 0.355 e. The molecule has 6 rings (SSSR count). The van der Waals surface area contributed by atoms with Gasteiger partial charge in [-0.05, 0) is 101 Å². The maximum absolute atomic E-state index is 13.7. The van der Waals surface area contributed by atoms with Crippen LogP contribution in [-0.4, -0.2) is 68.8 Å². The van der Waals surface area contributed by atoms with E-state index in [1.165, 1.54) is 11.3 Å². The number of carbonyl (C=O) groups is 1. The molecule has 0 spiro atoms. The van der Waals surface area contributed by atoms with Gasteiger partial charge in [-0.15, -0.1) is 0 Å². The lowest BCUT2D eigenvalue weighted by atomic mass is 9.98. The third kappa shape index (κ3) is 7.59. The molecule has 46 heavy (non-hydrogen) atoms. The molecule has 2 aromatic carbocycles. The number of hydrogen-bond donors (Lipinski definition) is 2. The number of esters is 1. The molecule has 4 heterocycles. The Morgan fingerprint density at radius 2 is 1.91 bits per heavy atom. The van der Waals surface area contributed by atoms with Gasteiger partial charge in [0, 0.05) is 31.3 Å². The van der Waals surface area contributed by atoms with Crippen LogP contribution in [0, 0.1) is 5.92 Å². The Balaban J connectivity index is 1.29. The van der Waals surface area contributed by atoms with Crippen LogP contribution in [0.25, 0.3) is 21.8 Å². The highest BCUT2D eigenvalue weighted by atomic mass is 32.2. The number of sulfonamides is 1. The monoisotopic (exact) mass is 661 g/mol. The van der Waals surface area contributed by atoms with Crippen LogP contribution in [-0.2, 0) is 38.3 Å². The fourth-order valence-electron chi connectivity index (χ4n) is 6.03. The Morgan fingerprint density at radius 3 is 2.67 bits per heavy atom. The van der Waals surface area contributed by atoms with Crippen LogP contribution in [0.15, 0.2) is 71.4 Å². The van der Waals surface area contributed by atoms with Gasteiger partial charge in [-0.1, -0.05) is 24.3 Å². The summed E-state index contributed by atoms with van der Waals surface area (Å²) >= 11 is 1.46. The molecule has 0 unspecified atom stereocenters. The molecule has 1 aliphatic rings. The number of fused-ring (bicyclic) bond motifs is 2. The summed E-state index contributed by atoms with van der Waals surface area (Å²) in [6.07, 6.45) is 1.92. The molecule has 0 aliphatic carbocycles. The standard InChI is InChI=1S/C34H39N5O5S2/c1-43-14-13-38-11-8-24(9-12-38)21-44-34(40)32-18-27-6-7-29(19-35)36-33(27)39(32)20-28-17-30(16-26-4-2-3-5-31(26)28)37-46(41,42)23-25-10-15-45-22-25/h2-7,10,15-18,22,24,37H,8-9,11-14,19-21,23,35H2,1H3. The molecule has 242 valence electrons. The van der Waals surface area contributed by atoms with Gasteiger partial charge in [0.2, 0.25) is 10.0 Å². The molecule has 3 N–H and O–H groups in total. The van der Waals surface area contributed by atoms with E-state index in [1.54, 1.807) is 7.11 Å². The second kappa shape index (κ2) is 14.3. The second-order valence-corrected chi connectivity index (χ2v) is 14.3. The summed E-state index contributed by atoms with van der Waals surface area (Å²) in [5.41, 5.74) is 9.68. The molecule has 12 heteroatoms. The van der Waals surface area contributed by atoms with Gasteiger partial charge in [0.05, 0.1) is 31.2 Å². The number of rotatable bonds is 13. The van der Waals surface area contributed by atoms with Gasteiger partial charge in [0.25, 0.3) is 0 Å². The summed E-state index contributed by atoms with van der Waals surface area (Å²) < 4.78 is 41.9. The number of carbonyl (C=O) groups excluding carboxylic acids is 1. The van der Waals surface area contributed by atoms with Crippen molar-refractivity contribution in [1.82, 2.24) is 14.5 Å². The van der Waals surface area contributed by atoms with Crippen LogP contribution >= 0.6 is 11.3 Å². The quantitative estimate of drug-likeness (QED) is 0.165. The molecule has 0 atom stereocenters. The van der Waals surface area contributed by atoms with Gasteiger partial charge >= 0.3 is 5.97 Å². The maximum atomic E-state index is 13.7. The molecular formula is C34H39N5O5S2. The van der Waals surface area contributed by atoms with Crippen molar-refractivity contribution in [3.05, 3.63) is 93.9 Å². The minimum Gasteiger partial charge on any atom is -0.461 e. The normalized spacial score (nSPS) is 14.7. The summed E-state index contributed by atoms with van der Waals surface area (Å²) in [4.78, 5) is 20.8. The number of aromatic nitrogens is 2. The van der Waals surface area contributed by atoms with E-state index in [2.05, 4.69) is 9.62 Å². The first kappa shape index (κ1) is 32.1. The molecule has 3 aromatic heterocycles. The molecule has 10 nitrogen and oxygen atoms in total. The van der Waals surface area contributed by atoms with Crippen LogP contribution in [0.1, 0.15) is 40.2 Å². The van der Waals surface area contributed by atoms with Crippen molar-refractivity contribution >= 4 is 54.8 Å². The number of nitrogens with one attached hydrogen (secondary N) is 1. The largest absolute Gasteiger partial charge is 0.461 e. The van der Waals surface area contributed by atoms with Crippen molar-refractivity contribution in [3.63, 3.8) is 0 Å². The van der Waals surface area contributed by atoms with Crippen LogP contribution < -0.4 is 10.5 Å². The van der Waals surface area contributed by atoms with Crippen molar-refractivity contribution in [2.75, 3.05) is 44.7 Å². The van der Waals surface area contributed by atoms with Crippen LogP contribution in [0.2, 0.25) is 0 Å². The molecular weight excluding hydrogens is 623 g/mol. The summed E-state index contributed by atoms with van der Waals surface area (Å²) in [5.74, 6) is -0.231. The van der Waals surface area contributed by atoms with E-state index in [-0.39, 0.29) is 18.8 Å². The van der Waals surface area contributed by atoms with Gasteiger partial charge in [0.1, 0.15) is 11.3 Å². The Bertz CT molecular complexity index is 1920. The number of nitrogens with two attached hydrogens (primary N) is 1. The van der Waals surface area contributed by atoms with E-state index in [0.717, 1.165) is 59.8 Å². The van der Waals surface area contributed by atoms with E-state index in [4.69, 9.17) is 20.2 Å². The Kier molecular flexibility index (Phi) is 10.00. The number of thiophene rings is 1. The second-order valence-electron chi connectivity index (χ2n) is 11.8. The first-order chi connectivity index (χ1) is 22.3. The molecule has 1 aliphatic heterocycles. The lowest BCUT2D eigenvalue weighted by Gasteiger charge is -2.31. The Morgan fingerprint density at radius 1 is 1.09 bits per heavy atom. The van der Waals surface area contributed by atoms with E-state index in [0.29, 0.717) is 41.9 Å². The van der Waals surface area contributed by atoms with Crippen LogP contribution in [0.4, 0.5) is 5.69 Å². The number of benzene rings is 2. The third-order valence-corrected chi connectivity index (χ3v) is 10.5. The zero-order chi connectivity index (χ0) is 32.1. The fourth-order valence-corrected chi connectivity index (χ4v) is 7.98. The van der Waals surface area contributed by atoms with Gasteiger partial charge < -0.3 is 24.7 Å². The van der Waals surface area contributed by atoms with Crippen LogP contribution in [0.3, 0.4) is 0 Å².